The van der Waals surface area contributed by atoms with Crippen molar-refractivity contribution in [2.45, 2.75) is 65.6 Å². The summed E-state index contributed by atoms with van der Waals surface area (Å²) in [4.78, 5) is 35.8. The Morgan fingerprint density at radius 1 is 1.15 bits per heavy atom. The van der Waals surface area contributed by atoms with Gasteiger partial charge in [0.15, 0.2) is 5.78 Å². The molecular formula is C15H24O5. The van der Waals surface area contributed by atoms with Gasteiger partial charge in [-0.25, -0.2) is 0 Å². The fourth-order valence-electron chi connectivity index (χ4n) is 2.26. The molecule has 0 amide bonds. The third kappa shape index (κ3) is 4.32. The lowest BCUT2D eigenvalue weighted by Gasteiger charge is -2.33. The smallest absolute Gasteiger partial charge is 0.331 e. The minimum Gasteiger partial charge on any atom is -0.422 e. The van der Waals surface area contributed by atoms with Crippen LogP contribution in [0.5, 0.6) is 0 Å². The van der Waals surface area contributed by atoms with Crippen LogP contribution in [0.15, 0.2) is 0 Å². The zero-order chi connectivity index (χ0) is 15.3. The predicted molar refractivity (Wildman–Crippen MR) is 72.7 cm³/mol. The molecule has 1 rings (SSSR count). The van der Waals surface area contributed by atoms with Crippen LogP contribution >= 0.6 is 0 Å². The molecule has 1 atom stereocenters. The van der Waals surface area contributed by atoms with Crippen LogP contribution in [0.3, 0.4) is 0 Å². The summed E-state index contributed by atoms with van der Waals surface area (Å²) in [6.45, 7) is 6.80. The van der Waals surface area contributed by atoms with E-state index in [2.05, 4.69) is 6.92 Å². The summed E-state index contributed by atoms with van der Waals surface area (Å²) >= 11 is 0. The summed E-state index contributed by atoms with van der Waals surface area (Å²) < 4.78 is 9.94. The molecule has 114 valence electrons. The Balaban J connectivity index is 2.58. The first-order valence-corrected chi connectivity index (χ1v) is 7.28. The van der Waals surface area contributed by atoms with Gasteiger partial charge >= 0.3 is 11.9 Å². The van der Waals surface area contributed by atoms with Gasteiger partial charge in [0.05, 0.1) is 0 Å². The molecule has 0 spiro atoms. The Morgan fingerprint density at radius 2 is 1.70 bits per heavy atom. The maximum Gasteiger partial charge on any atom is 0.331 e. The van der Waals surface area contributed by atoms with E-state index in [0.717, 1.165) is 25.7 Å². The molecule has 0 saturated carbocycles. The fourth-order valence-corrected chi connectivity index (χ4v) is 2.26. The monoisotopic (exact) mass is 284 g/mol. The molecule has 0 aromatic heterocycles. The number of hydrogen-bond acceptors (Lipinski definition) is 5. The van der Waals surface area contributed by atoms with E-state index in [0.29, 0.717) is 6.42 Å². The number of ketones is 1. The number of Topliss-reactive ketones (excluding diaryl/α,β-unsaturated/α-hetero) is 1. The predicted octanol–water partition coefficient (Wildman–Crippen LogP) is 2.61. The summed E-state index contributed by atoms with van der Waals surface area (Å²) in [5, 5.41) is 0. The van der Waals surface area contributed by atoms with Crippen LogP contribution in [0.1, 0.15) is 59.8 Å². The molecule has 0 aromatic carbocycles. The first kappa shape index (κ1) is 16.7. The fraction of sp³-hybridized carbons (Fsp3) is 0.800. The minimum atomic E-state index is -1.41. The maximum atomic E-state index is 12.2. The van der Waals surface area contributed by atoms with E-state index < -0.39 is 29.4 Å². The van der Waals surface area contributed by atoms with Crippen molar-refractivity contribution in [1.82, 2.24) is 0 Å². The molecule has 5 nitrogen and oxygen atoms in total. The largest absolute Gasteiger partial charge is 0.422 e. The number of carbonyl (C=O) groups is 3. The van der Waals surface area contributed by atoms with Crippen molar-refractivity contribution in [2.24, 2.45) is 11.8 Å². The van der Waals surface area contributed by atoms with Gasteiger partial charge in [-0.1, -0.05) is 39.5 Å². The van der Waals surface area contributed by atoms with Gasteiger partial charge < -0.3 is 9.47 Å². The molecule has 1 aliphatic heterocycles. The molecule has 1 unspecified atom stereocenters. The summed E-state index contributed by atoms with van der Waals surface area (Å²) in [7, 11) is 0. The molecule has 0 radical (unpaired) electrons. The highest BCUT2D eigenvalue weighted by molar-refractivity contribution is 6.16. The molecule has 0 N–H and O–H groups in total. The van der Waals surface area contributed by atoms with Crippen LogP contribution < -0.4 is 0 Å². The molecule has 20 heavy (non-hydrogen) atoms. The first-order valence-electron chi connectivity index (χ1n) is 7.28. The SMILES string of the molecule is CCCCCCC(C)C(=O)C1C(=O)OC(C)(C)OC1=O. The van der Waals surface area contributed by atoms with E-state index >= 15 is 0 Å². The molecule has 1 heterocycles. The molecule has 1 fully saturated rings. The highest BCUT2D eigenvalue weighted by Gasteiger charge is 2.48. The van der Waals surface area contributed by atoms with Crippen LogP contribution in [0.2, 0.25) is 0 Å². The van der Waals surface area contributed by atoms with Gasteiger partial charge in [0.2, 0.25) is 5.92 Å². The van der Waals surface area contributed by atoms with E-state index in [9.17, 15) is 14.4 Å². The zero-order valence-corrected chi connectivity index (χ0v) is 12.7. The molecule has 0 bridgehead atoms. The van der Waals surface area contributed by atoms with Crippen LogP contribution in [0.25, 0.3) is 0 Å². The van der Waals surface area contributed by atoms with Crippen molar-refractivity contribution in [3.8, 4) is 0 Å². The molecule has 0 aliphatic carbocycles. The molecule has 0 aromatic rings. The van der Waals surface area contributed by atoms with Crippen molar-refractivity contribution >= 4 is 17.7 Å². The summed E-state index contributed by atoms with van der Waals surface area (Å²) in [5.74, 6) is -5.02. The lowest BCUT2D eigenvalue weighted by atomic mass is 9.89. The van der Waals surface area contributed by atoms with Crippen molar-refractivity contribution < 1.29 is 23.9 Å². The van der Waals surface area contributed by atoms with E-state index in [1.807, 2.05) is 0 Å². The van der Waals surface area contributed by atoms with E-state index in [1.165, 1.54) is 13.8 Å². The third-order valence-corrected chi connectivity index (χ3v) is 3.43. The number of hydrogen-bond donors (Lipinski definition) is 0. The highest BCUT2D eigenvalue weighted by atomic mass is 16.7. The third-order valence-electron chi connectivity index (χ3n) is 3.43. The number of ether oxygens (including phenoxy) is 2. The zero-order valence-electron chi connectivity index (χ0n) is 12.7. The molecule has 5 heteroatoms. The van der Waals surface area contributed by atoms with Gasteiger partial charge in [-0.05, 0) is 6.42 Å². The van der Waals surface area contributed by atoms with Crippen LogP contribution in [0.4, 0.5) is 0 Å². The van der Waals surface area contributed by atoms with Gasteiger partial charge in [0.25, 0.3) is 5.79 Å². The van der Waals surface area contributed by atoms with Gasteiger partial charge in [-0.2, -0.15) is 0 Å². The Hall–Kier alpha value is -1.39. The van der Waals surface area contributed by atoms with Crippen molar-refractivity contribution in [3.05, 3.63) is 0 Å². The summed E-state index contributed by atoms with van der Waals surface area (Å²) in [6, 6.07) is 0. The van der Waals surface area contributed by atoms with Gasteiger partial charge in [0, 0.05) is 19.8 Å². The topological polar surface area (TPSA) is 69.7 Å². The lowest BCUT2D eigenvalue weighted by molar-refractivity contribution is -0.238. The molecular weight excluding hydrogens is 260 g/mol. The molecule has 1 aliphatic rings. The van der Waals surface area contributed by atoms with Crippen molar-refractivity contribution in [1.29, 1.82) is 0 Å². The average Bonchev–Trinajstić information content (AvgIpc) is 2.31. The Morgan fingerprint density at radius 3 is 2.20 bits per heavy atom. The maximum absolute atomic E-state index is 12.2. The van der Waals surface area contributed by atoms with Crippen molar-refractivity contribution in [3.63, 3.8) is 0 Å². The second-order valence-electron chi connectivity index (χ2n) is 5.83. The number of unbranched alkanes of at least 4 members (excludes halogenated alkanes) is 3. The van der Waals surface area contributed by atoms with E-state index in [-0.39, 0.29) is 5.92 Å². The Bertz CT molecular complexity index is 366. The van der Waals surface area contributed by atoms with Gasteiger partial charge in [-0.15, -0.1) is 0 Å². The second-order valence-corrected chi connectivity index (χ2v) is 5.83. The summed E-state index contributed by atoms with van der Waals surface area (Å²) in [5.41, 5.74) is 0. The molecule has 1 saturated heterocycles. The van der Waals surface area contributed by atoms with Crippen LogP contribution in [-0.4, -0.2) is 23.5 Å². The lowest BCUT2D eigenvalue weighted by Crippen LogP contribution is -2.50. The summed E-state index contributed by atoms with van der Waals surface area (Å²) in [6.07, 6.45) is 4.91. The first-order chi connectivity index (χ1) is 9.28. The highest BCUT2D eigenvalue weighted by Crippen LogP contribution is 2.26. The number of esters is 2. The number of carbonyl (C=O) groups excluding carboxylic acids is 3. The van der Waals surface area contributed by atoms with Gasteiger partial charge in [0.1, 0.15) is 0 Å². The number of rotatable bonds is 7. The quantitative estimate of drug-likeness (QED) is 0.408. The van der Waals surface area contributed by atoms with Gasteiger partial charge in [-0.3, -0.25) is 14.4 Å². The second kappa shape index (κ2) is 6.86. The minimum absolute atomic E-state index is 0.335. The van der Waals surface area contributed by atoms with Crippen LogP contribution in [-0.2, 0) is 23.9 Å². The van der Waals surface area contributed by atoms with Crippen molar-refractivity contribution in [2.75, 3.05) is 0 Å². The standard InChI is InChI=1S/C15H24O5/c1-5-6-7-8-9-10(2)12(16)11-13(17)19-15(3,4)20-14(11)18/h10-11H,5-9H2,1-4H3. The Kier molecular flexibility index (Phi) is 5.72. The Labute approximate surface area is 120 Å². The number of cyclic esters (lactones) is 2. The average molecular weight is 284 g/mol. The van der Waals surface area contributed by atoms with E-state index in [1.54, 1.807) is 6.92 Å². The normalized spacial score (nSPS) is 20.2. The van der Waals surface area contributed by atoms with E-state index in [4.69, 9.17) is 9.47 Å². The van der Waals surface area contributed by atoms with Crippen LogP contribution in [0, 0.1) is 11.8 Å².